The van der Waals surface area contributed by atoms with Crippen molar-refractivity contribution in [2.45, 2.75) is 46.1 Å². The summed E-state index contributed by atoms with van der Waals surface area (Å²) in [5.74, 6) is -0.287. The Hall–Kier alpha value is -2.10. The first-order valence-electron chi connectivity index (χ1n) is 7.73. The van der Waals surface area contributed by atoms with Gasteiger partial charge in [-0.15, -0.1) is 0 Å². The van der Waals surface area contributed by atoms with Crippen LogP contribution in [0.25, 0.3) is 0 Å². The third-order valence-corrected chi connectivity index (χ3v) is 4.01. The smallest absolute Gasteiger partial charge is 0.255 e. The molecule has 0 saturated carbocycles. The van der Waals surface area contributed by atoms with E-state index in [1.165, 1.54) is 0 Å². The SMILES string of the molecule is C=CC1=C(/C=C\C)CN(C2(C)CCC(=C)NC2=O)C1=O.CC. The second-order valence-corrected chi connectivity index (χ2v) is 5.37. The third-order valence-electron chi connectivity index (χ3n) is 4.01. The van der Waals surface area contributed by atoms with E-state index < -0.39 is 5.54 Å². The molecule has 2 rings (SSSR count). The molecule has 0 spiro atoms. The predicted octanol–water partition coefficient (Wildman–Crippen LogP) is 3.10. The van der Waals surface area contributed by atoms with Gasteiger partial charge in [0.05, 0.1) is 0 Å². The Bertz CT molecular complexity index is 557. The summed E-state index contributed by atoms with van der Waals surface area (Å²) >= 11 is 0. The van der Waals surface area contributed by atoms with Crippen LogP contribution >= 0.6 is 0 Å². The van der Waals surface area contributed by atoms with Crippen molar-refractivity contribution >= 4 is 11.8 Å². The van der Waals surface area contributed by atoms with E-state index >= 15 is 0 Å². The normalized spacial score (nSPS) is 25.3. The van der Waals surface area contributed by atoms with Crippen LogP contribution in [-0.2, 0) is 9.59 Å². The maximum absolute atomic E-state index is 12.5. The lowest BCUT2D eigenvalue weighted by molar-refractivity contribution is -0.143. The molecule has 1 N–H and O–H groups in total. The van der Waals surface area contributed by atoms with E-state index in [1.807, 2.05) is 39.8 Å². The zero-order chi connectivity index (χ0) is 16.9. The minimum absolute atomic E-state index is 0.127. The molecule has 120 valence electrons. The Kier molecular flexibility index (Phi) is 5.92. The second-order valence-electron chi connectivity index (χ2n) is 5.37. The monoisotopic (exact) mass is 302 g/mol. The number of carbonyl (C=O) groups is 2. The maximum Gasteiger partial charge on any atom is 0.255 e. The highest BCUT2D eigenvalue weighted by atomic mass is 16.2. The molecule has 4 heteroatoms. The topological polar surface area (TPSA) is 49.4 Å². The molecule has 1 fully saturated rings. The van der Waals surface area contributed by atoms with Gasteiger partial charge in [-0.25, -0.2) is 0 Å². The van der Waals surface area contributed by atoms with Gasteiger partial charge in [-0.3, -0.25) is 9.59 Å². The molecule has 2 aliphatic rings. The number of hydrogen-bond acceptors (Lipinski definition) is 2. The fourth-order valence-corrected chi connectivity index (χ4v) is 2.69. The Morgan fingerprint density at radius 3 is 2.45 bits per heavy atom. The van der Waals surface area contributed by atoms with Crippen molar-refractivity contribution in [2.75, 3.05) is 6.54 Å². The van der Waals surface area contributed by atoms with Gasteiger partial charge in [0.25, 0.3) is 5.91 Å². The van der Waals surface area contributed by atoms with Crippen LogP contribution in [-0.4, -0.2) is 28.8 Å². The number of carbonyl (C=O) groups excluding carboxylic acids is 2. The summed E-state index contributed by atoms with van der Waals surface area (Å²) in [6, 6.07) is 0. The first kappa shape index (κ1) is 18.0. The molecular formula is C18H26N2O2. The lowest BCUT2D eigenvalue weighted by Crippen LogP contribution is -2.60. The standard InChI is InChI=1S/C16H20N2O2.C2H6/c1-5-7-12-10-18(14(19)13(12)6-2)16(4)9-8-11(3)17-15(16)20;1-2/h5-7H,2-3,8-10H2,1,4H3,(H,17,20);1-2H3/b7-5-;. The molecule has 2 aliphatic heterocycles. The Labute approximate surface area is 133 Å². The summed E-state index contributed by atoms with van der Waals surface area (Å²) in [5.41, 5.74) is 1.38. The van der Waals surface area contributed by atoms with Gasteiger partial charge in [-0.1, -0.05) is 45.2 Å². The molecule has 2 heterocycles. The molecule has 4 nitrogen and oxygen atoms in total. The molecule has 0 aliphatic carbocycles. The summed E-state index contributed by atoms with van der Waals surface area (Å²) in [7, 11) is 0. The number of nitrogens with one attached hydrogen (secondary N) is 1. The largest absolute Gasteiger partial charge is 0.328 e. The average molecular weight is 302 g/mol. The number of nitrogens with zero attached hydrogens (tertiary/aromatic N) is 1. The molecule has 0 aromatic heterocycles. The fraction of sp³-hybridized carbons (Fsp3) is 0.444. The highest BCUT2D eigenvalue weighted by Gasteiger charge is 2.47. The number of allylic oxidation sites excluding steroid dienone is 2. The van der Waals surface area contributed by atoms with Crippen LogP contribution in [0.15, 0.2) is 48.2 Å². The molecular weight excluding hydrogens is 276 g/mol. The van der Waals surface area contributed by atoms with Gasteiger partial charge in [-0.2, -0.15) is 0 Å². The van der Waals surface area contributed by atoms with Crippen LogP contribution in [0.1, 0.15) is 40.5 Å². The van der Waals surface area contributed by atoms with Crippen LogP contribution in [0.2, 0.25) is 0 Å². The summed E-state index contributed by atoms with van der Waals surface area (Å²) in [6.45, 7) is 15.6. The van der Waals surface area contributed by atoms with Crippen LogP contribution in [0.4, 0.5) is 0 Å². The van der Waals surface area contributed by atoms with E-state index in [2.05, 4.69) is 18.5 Å². The molecule has 1 atom stereocenters. The zero-order valence-corrected chi connectivity index (χ0v) is 14.0. The van der Waals surface area contributed by atoms with E-state index in [-0.39, 0.29) is 11.8 Å². The first-order valence-corrected chi connectivity index (χ1v) is 7.73. The van der Waals surface area contributed by atoms with Gasteiger partial charge in [0, 0.05) is 17.8 Å². The second kappa shape index (κ2) is 7.25. The van der Waals surface area contributed by atoms with Crippen LogP contribution in [0.5, 0.6) is 0 Å². The summed E-state index contributed by atoms with van der Waals surface area (Å²) in [4.78, 5) is 26.4. The van der Waals surface area contributed by atoms with Crippen LogP contribution < -0.4 is 5.32 Å². The summed E-state index contributed by atoms with van der Waals surface area (Å²) in [6.07, 6.45) is 6.64. The number of amides is 2. The highest BCUT2D eigenvalue weighted by molar-refractivity contribution is 6.04. The molecule has 0 bridgehead atoms. The van der Waals surface area contributed by atoms with Crippen molar-refractivity contribution in [2.24, 2.45) is 0 Å². The minimum Gasteiger partial charge on any atom is -0.328 e. The maximum atomic E-state index is 12.5. The number of hydrogen-bond donors (Lipinski definition) is 1. The lowest BCUT2D eigenvalue weighted by Gasteiger charge is -2.41. The van der Waals surface area contributed by atoms with Crippen molar-refractivity contribution in [1.82, 2.24) is 10.2 Å². The highest BCUT2D eigenvalue weighted by Crippen LogP contribution is 2.34. The molecule has 0 aromatic rings. The van der Waals surface area contributed by atoms with Crippen molar-refractivity contribution in [3.63, 3.8) is 0 Å². The Morgan fingerprint density at radius 1 is 1.32 bits per heavy atom. The van der Waals surface area contributed by atoms with Crippen molar-refractivity contribution in [3.8, 4) is 0 Å². The van der Waals surface area contributed by atoms with Crippen molar-refractivity contribution < 1.29 is 9.59 Å². The third kappa shape index (κ3) is 3.06. The van der Waals surface area contributed by atoms with E-state index in [0.717, 1.165) is 5.57 Å². The fourth-order valence-electron chi connectivity index (χ4n) is 2.69. The molecule has 0 aromatic carbocycles. The Balaban J connectivity index is 0.00000116. The van der Waals surface area contributed by atoms with Gasteiger partial charge in [0.2, 0.25) is 5.91 Å². The minimum atomic E-state index is -0.824. The van der Waals surface area contributed by atoms with Gasteiger partial charge >= 0.3 is 0 Å². The summed E-state index contributed by atoms with van der Waals surface area (Å²) < 4.78 is 0. The number of rotatable bonds is 3. The van der Waals surface area contributed by atoms with E-state index in [0.29, 0.717) is 30.7 Å². The molecule has 0 radical (unpaired) electrons. The van der Waals surface area contributed by atoms with Gasteiger partial charge in [-0.05, 0) is 32.3 Å². The van der Waals surface area contributed by atoms with Gasteiger partial charge in [0.1, 0.15) is 5.54 Å². The molecule has 22 heavy (non-hydrogen) atoms. The van der Waals surface area contributed by atoms with E-state index in [1.54, 1.807) is 11.0 Å². The first-order chi connectivity index (χ1) is 10.4. The van der Waals surface area contributed by atoms with E-state index in [4.69, 9.17) is 0 Å². The molecule has 2 amide bonds. The quantitative estimate of drug-likeness (QED) is 0.871. The van der Waals surface area contributed by atoms with Crippen molar-refractivity contribution in [3.05, 3.63) is 48.2 Å². The Morgan fingerprint density at radius 2 is 1.95 bits per heavy atom. The van der Waals surface area contributed by atoms with Crippen molar-refractivity contribution in [1.29, 1.82) is 0 Å². The van der Waals surface area contributed by atoms with Gasteiger partial charge < -0.3 is 10.2 Å². The number of piperidine rings is 1. The van der Waals surface area contributed by atoms with E-state index in [9.17, 15) is 9.59 Å². The molecule has 1 saturated heterocycles. The summed E-state index contributed by atoms with van der Waals surface area (Å²) in [5, 5.41) is 2.76. The van der Waals surface area contributed by atoms with Crippen LogP contribution in [0.3, 0.4) is 0 Å². The lowest BCUT2D eigenvalue weighted by atomic mass is 9.88. The van der Waals surface area contributed by atoms with Crippen LogP contribution in [0, 0.1) is 0 Å². The predicted molar refractivity (Wildman–Crippen MR) is 90.0 cm³/mol. The van der Waals surface area contributed by atoms with Gasteiger partial charge in [0.15, 0.2) is 0 Å². The average Bonchev–Trinajstić information content (AvgIpc) is 2.82. The molecule has 1 unspecified atom stereocenters. The zero-order valence-electron chi connectivity index (χ0n) is 14.0.